The van der Waals surface area contributed by atoms with Gasteiger partial charge in [0.25, 0.3) is 0 Å². The number of nitrogens with one attached hydrogen (secondary N) is 1. The fraction of sp³-hybridized carbons (Fsp3) is 0.625. The third-order valence-corrected chi connectivity index (χ3v) is 4.02. The van der Waals surface area contributed by atoms with Crippen LogP contribution in [-0.2, 0) is 4.74 Å². The maximum atomic E-state index is 5.72. The molecule has 1 N–H and O–H groups in total. The lowest BCUT2D eigenvalue weighted by atomic mass is 9.88. The van der Waals surface area contributed by atoms with E-state index in [1.165, 1.54) is 5.56 Å². The van der Waals surface area contributed by atoms with Gasteiger partial charge in [-0.15, -0.1) is 0 Å². The van der Waals surface area contributed by atoms with E-state index >= 15 is 0 Å². The lowest BCUT2D eigenvalue weighted by Crippen LogP contribution is -2.31. The van der Waals surface area contributed by atoms with Gasteiger partial charge in [-0.2, -0.15) is 0 Å². The van der Waals surface area contributed by atoms with Crippen LogP contribution in [0.5, 0.6) is 11.5 Å². The predicted octanol–water partition coefficient (Wildman–Crippen LogP) is 2.78. The molecule has 4 nitrogen and oxygen atoms in total. The number of ether oxygens (including phenoxy) is 3. The van der Waals surface area contributed by atoms with Gasteiger partial charge in [0.15, 0.2) is 0 Å². The Hall–Kier alpha value is -1.26. The van der Waals surface area contributed by atoms with Gasteiger partial charge in [-0.05, 0) is 37.6 Å². The van der Waals surface area contributed by atoms with Gasteiger partial charge in [0, 0.05) is 24.6 Å². The monoisotopic (exact) mass is 279 g/mol. The van der Waals surface area contributed by atoms with Crippen LogP contribution in [0.2, 0.25) is 0 Å². The summed E-state index contributed by atoms with van der Waals surface area (Å²) >= 11 is 0. The average Bonchev–Trinajstić information content (AvgIpc) is 2.90. The zero-order valence-electron chi connectivity index (χ0n) is 12.8. The molecule has 0 spiro atoms. The van der Waals surface area contributed by atoms with Crippen LogP contribution in [0.1, 0.15) is 31.9 Å². The van der Waals surface area contributed by atoms with Crippen molar-refractivity contribution in [2.24, 2.45) is 5.92 Å². The number of hydrogen-bond acceptors (Lipinski definition) is 4. The Labute approximate surface area is 121 Å². The van der Waals surface area contributed by atoms with E-state index in [4.69, 9.17) is 14.2 Å². The van der Waals surface area contributed by atoms with E-state index in [-0.39, 0.29) is 12.1 Å². The highest BCUT2D eigenvalue weighted by molar-refractivity contribution is 5.40. The smallest absolute Gasteiger partial charge is 0.122 e. The van der Waals surface area contributed by atoms with Crippen molar-refractivity contribution in [2.75, 3.05) is 27.4 Å². The van der Waals surface area contributed by atoms with Crippen molar-refractivity contribution in [1.82, 2.24) is 5.32 Å². The van der Waals surface area contributed by atoms with Crippen LogP contribution >= 0.6 is 0 Å². The molecule has 1 aliphatic rings. The fourth-order valence-corrected chi connectivity index (χ4v) is 2.93. The predicted molar refractivity (Wildman–Crippen MR) is 79.5 cm³/mol. The van der Waals surface area contributed by atoms with Gasteiger partial charge in [0.2, 0.25) is 0 Å². The van der Waals surface area contributed by atoms with E-state index in [2.05, 4.69) is 31.3 Å². The number of methoxy groups -OCH3 is 2. The third kappa shape index (κ3) is 3.25. The zero-order valence-corrected chi connectivity index (χ0v) is 12.8. The molecule has 0 aromatic heterocycles. The normalized spacial score (nSPS) is 23.6. The minimum absolute atomic E-state index is 0.265. The molecular weight excluding hydrogens is 254 g/mol. The maximum absolute atomic E-state index is 5.72. The van der Waals surface area contributed by atoms with E-state index in [9.17, 15) is 0 Å². The molecule has 0 aliphatic carbocycles. The van der Waals surface area contributed by atoms with Crippen LogP contribution < -0.4 is 14.8 Å². The van der Waals surface area contributed by atoms with Gasteiger partial charge in [0.1, 0.15) is 11.5 Å². The van der Waals surface area contributed by atoms with Crippen LogP contribution in [0, 0.1) is 5.92 Å². The van der Waals surface area contributed by atoms with Crippen molar-refractivity contribution < 1.29 is 14.2 Å². The van der Waals surface area contributed by atoms with Crippen LogP contribution in [0.4, 0.5) is 0 Å². The summed E-state index contributed by atoms with van der Waals surface area (Å²) in [5.41, 5.74) is 1.20. The van der Waals surface area contributed by atoms with Gasteiger partial charge in [-0.1, -0.05) is 6.92 Å². The second-order valence-electron chi connectivity index (χ2n) is 5.21. The molecule has 0 amide bonds. The van der Waals surface area contributed by atoms with Crippen molar-refractivity contribution in [3.8, 4) is 11.5 Å². The quantitative estimate of drug-likeness (QED) is 0.869. The summed E-state index contributed by atoms with van der Waals surface area (Å²) in [4.78, 5) is 0. The summed E-state index contributed by atoms with van der Waals surface area (Å²) in [7, 11) is 3.37. The second kappa shape index (κ2) is 6.95. The minimum atomic E-state index is 0.265. The Balaban J connectivity index is 2.32. The fourth-order valence-electron chi connectivity index (χ4n) is 2.93. The third-order valence-electron chi connectivity index (χ3n) is 4.02. The van der Waals surface area contributed by atoms with Gasteiger partial charge in [-0.25, -0.2) is 0 Å². The Bertz CT molecular complexity index is 413. The molecule has 4 heteroatoms. The highest BCUT2D eigenvalue weighted by Gasteiger charge is 2.32. The SMILES string of the molecule is CCNC(c1cc(OC)cc(OC)c1)C1CCOC1C. The Morgan fingerprint density at radius 1 is 1.25 bits per heavy atom. The Morgan fingerprint density at radius 3 is 2.35 bits per heavy atom. The summed E-state index contributed by atoms with van der Waals surface area (Å²) < 4.78 is 16.5. The standard InChI is InChI=1S/C16H25NO3/c1-5-17-16(15-6-7-20-11(15)2)12-8-13(18-3)10-14(9-12)19-4/h8-11,15-17H,5-7H2,1-4H3. The Morgan fingerprint density at radius 2 is 1.90 bits per heavy atom. The largest absolute Gasteiger partial charge is 0.497 e. The molecule has 0 bridgehead atoms. The molecule has 3 atom stereocenters. The van der Waals surface area contributed by atoms with Gasteiger partial charge < -0.3 is 19.5 Å². The van der Waals surface area contributed by atoms with Crippen LogP contribution in [0.25, 0.3) is 0 Å². The molecule has 2 rings (SSSR count). The summed E-state index contributed by atoms with van der Waals surface area (Å²) in [6.07, 6.45) is 1.36. The van der Waals surface area contributed by atoms with Gasteiger partial charge in [-0.3, -0.25) is 0 Å². The highest BCUT2D eigenvalue weighted by atomic mass is 16.5. The van der Waals surface area contributed by atoms with E-state index in [0.29, 0.717) is 5.92 Å². The van der Waals surface area contributed by atoms with Gasteiger partial charge in [0.05, 0.1) is 20.3 Å². The summed E-state index contributed by atoms with van der Waals surface area (Å²) in [5, 5.41) is 3.58. The number of benzene rings is 1. The van der Waals surface area contributed by atoms with Crippen LogP contribution in [-0.4, -0.2) is 33.5 Å². The van der Waals surface area contributed by atoms with Crippen LogP contribution in [0.15, 0.2) is 18.2 Å². The molecule has 20 heavy (non-hydrogen) atoms. The summed E-state index contributed by atoms with van der Waals surface area (Å²) in [6, 6.07) is 6.34. The van der Waals surface area contributed by atoms with E-state index in [1.807, 2.05) is 6.07 Å². The summed E-state index contributed by atoms with van der Waals surface area (Å²) in [6.45, 7) is 6.05. The summed E-state index contributed by atoms with van der Waals surface area (Å²) in [5.74, 6) is 2.13. The molecule has 1 fully saturated rings. The first-order valence-electron chi connectivity index (χ1n) is 7.27. The zero-order chi connectivity index (χ0) is 14.5. The molecule has 0 saturated carbocycles. The van der Waals surface area contributed by atoms with Crippen LogP contribution in [0.3, 0.4) is 0 Å². The number of rotatable bonds is 6. The molecule has 1 aromatic rings. The molecule has 0 radical (unpaired) electrons. The lowest BCUT2D eigenvalue weighted by Gasteiger charge is -2.27. The molecule has 1 aliphatic heterocycles. The van der Waals surface area contributed by atoms with Crippen molar-refractivity contribution in [1.29, 1.82) is 0 Å². The molecule has 1 aromatic carbocycles. The molecule has 1 heterocycles. The van der Waals surface area contributed by atoms with E-state index < -0.39 is 0 Å². The first-order chi connectivity index (χ1) is 9.69. The molecular formula is C16H25NO3. The first-order valence-corrected chi connectivity index (χ1v) is 7.27. The molecule has 1 saturated heterocycles. The van der Waals surface area contributed by atoms with E-state index in [0.717, 1.165) is 31.1 Å². The van der Waals surface area contributed by atoms with Crippen molar-refractivity contribution in [2.45, 2.75) is 32.4 Å². The highest BCUT2D eigenvalue weighted by Crippen LogP contribution is 2.36. The van der Waals surface area contributed by atoms with E-state index in [1.54, 1.807) is 14.2 Å². The second-order valence-corrected chi connectivity index (χ2v) is 5.21. The van der Waals surface area contributed by atoms with Crippen molar-refractivity contribution in [3.05, 3.63) is 23.8 Å². The van der Waals surface area contributed by atoms with Crippen molar-refractivity contribution >= 4 is 0 Å². The molecule has 112 valence electrons. The minimum Gasteiger partial charge on any atom is -0.497 e. The topological polar surface area (TPSA) is 39.7 Å². The first kappa shape index (κ1) is 15.1. The van der Waals surface area contributed by atoms with Crippen molar-refractivity contribution in [3.63, 3.8) is 0 Å². The molecule has 3 unspecified atom stereocenters. The lowest BCUT2D eigenvalue weighted by molar-refractivity contribution is 0.0955. The number of hydrogen-bond donors (Lipinski definition) is 1. The maximum Gasteiger partial charge on any atom is 0.122 e. The Kier molecular flexibility index (Phi) is 5.26. The average molecular weight is 279 g/mol. The van der Waals surface area contributed by atoms with Gasteiger partial charge >= 0.3 is 0 Å².